The number of hydrogen-bond donors (Lipinski definition) is 1. The van der Waals surface area contributed by atoms with Gasteiger partial charge >= 0.3 is 0 Å². The van der Waals surface area contributed by atoms with Crippen LogP contribution in [0.25, 0.3) is 11.6 Å². The van der Waals surface area contributed by atoms with E-state index in [1.807, 2.05) is 38.2 Å². The second kappa shape index (κ2) is 7.97. The zero-order valence-corrected chi connectivity index (χ0v) is 16.4. The Labute approximate surface area is 166 Å². The first-order valence-corrected chi connectivity index (χ1v) is 9.85. The third kappa shape index (κ3) is 3.84. The molecule has 0 bridgehead atoms. The van der Waals surface area contributed by atoms with Crippen LogP contribution in [0.5, 0.6) is 11.5 Å². The van der Waals surface area contributed by atoms with Crippen molar-refractivity contribution in [1.29, 1.82) is 0 Å². The van der Waals surface area contributed by atoms with Crippen LogP contribution in [0.3, 0.4) is 0 Å². The van der Waals surface area contributed by atoms with E-state index in [4.69, 9.17) is 13.9 Å². The van der Waals surface area contributed by atoms with Gasteiger partial charge in [0.1, 0.15) is 13.2 Å². The number of carbonyl (C=O) groups excluding carboxylic acids is 1. The molecule has 28 heavy (non-hydrogen) atoms. The standard InChI is InChI=1S/C19H20N4O4S/c1-12(13-5-6-14-16(10-13)27-9-8-26-14)20-17(24)11-28-19-22-21-18(23(19)2)15-4-3-7-25-15/h3-7,10,12H,8-9,11H2,1-2H3,(H,20,24). The molecule has 1 aliphatic rings. The number of fused-ring (bicyclic) bond motifs is 1. The third-order valence-electron chi connectivity index (χ3n) is 4.35. The lowest BCUT2D eigenvalue weighted by Gasteiger charge is -2.21. The molecule has 0 fully saturated rings. The lowest BCUT2D eigenvalue weighted by atomic mass is 10.1. The smallest absolute Gasteiger partial charge is 0.230 e. The molecule has 1 atom stereocenters. The minimum atomic E-state index is -0.151. The van der Waals surface area contributed by atoms with Crippen LogP contribution in [0.4, 0.5) is 0 Å². The molecule has 0 spiro atoms. The zero-order valence-electron chi connectivity index (χ0n) is 15.5. The molecule has 146 valence electrons. The van der Waals surface area contributed by atoms with Crippen molar-refractivity contribution in [2.24, 2.45) is 7.05 Å². The van der Waals surface area contributed by atoms with Crippen molar-refractivity contribution in [3.63, 3.8) is 0 Å². The van der Waals surface area contributed by atoms with Gasteiger partial charge in [0.05, 0.1) is 18.1 Å². The first-order chi connectivity index (χ1) is 13.6. The molecular formula is C19H20N4O4S. The summed E-state index contributed by atoms with van der Waals surface area (Å²) in [4.78, 5) is 12.4. The van der Waals surface area contributed by atoms with Gasteiger partial charge in [0.25, 0.3) is 0 Å². The summed E-state index contributed by atoms with van der Waals surface area (Å²) >= 11 is 1.32. The van der Waals surface area contributed by atoms with E-state index in [0.29, 0.717) is 35.7 Å². The average molecular weight is 400 g/mol. The number of nitrogens with one attached hydrogen (secondary N) is 1. The Kier molecular flexibility index (Phi) is 5.25. The van der Waals surface area contributed by atoms with Crippen LogP contribution in [0.2, 0.25) is 0 Å². The van der Waals surface area contributed by atoms with Gasteiger partial charge < -0.3 is 23.8 Å². The maximum Gasteiger partial charge on any atom is 0.230 e. The quantitative estimate of drug-likeness (QED) is 0.636. The highest BCUT2D eigenvalue weighted by Gasteiger charge is 2.18. The van der Waals surface area contributed by atoms with E-state index in [2.05, 4.69) is 15.5 Å². The second-order valence-electron chi connectivity index (χ2n) is 6.32. The van der Waals surface area contributed by atoms with Crippen molar-refractivity contribution in [3.8, 4) is 23.1 Å². The number of hydrogen-bond acceptors (Lipinski definition) is 7. The van der Waals surface area contributed by atoms with Crippen molar-refractivity contribution < 1.29 is 18.7 Å². The van der Waals surface area contributed by atoms with Crippen LogP contribution in [0.15, 0.2) is 46.2 Å². The van der Waals surface area contributed by atoms with Gasteiger partial charge in [0, 0.05) is 7.05 Å². The van der Waals surface area contributed by atoms with Crippen molar-refractivity contribution in [2.75, 3.05) is 19.0 Å². The lowest BCUT2D eigenvalue weighted by Crippen LogP contribution is -2.28. The van der Waals surface area contributed by atoms with Crippen LogP contribution in [-0.4, -0.2) is 39.6 Å². The van der Waals surface area contributed by atoms with E-state index in [1.54, 1.807) is 16.9 Å². The molecule has 1 unspecified atom stereocenters. The predicted molar refractivity (Wildman–Crippen MR) is 103 cm³/mol. The predicted octanol–water partition coefficient (Wildman–Crippen LogP) is 2.82. The second-order valence-corrected chi connectivity index (χ2v) is 7.27. The van der Waals surface area contributed by atoms with Gasteiger partial charge in [-0.15, -0.1) is 10.2 Å². The van der Waals surface area contributed by atoms with Crippen LogP contribution in [0.1, 0.15) is 18.5 Å². The number of amides is 1. The van der Waals surface area contributed by atoms with E-state index in [1.165, 1.54) is 11.8 Å². The van der Waals surface area contributed by atoms with Gasteiger partial charge in [0.2, 0.25) is 5.91 Å². The van der Waals surface area contributed by atoms with E-state index in [-0.39, 0.29) is 17.7 Å². The summed E-state index contributed by atoms with van der Waals surface area (Å²) < 4.78 is 18.3. The third-order valence-corrected chi connectivity index (χ3v) is 5.37. The molecular weight excluding hydrogens is 380 g/mol. The number of thioether (sulfide) groups is 1. The zero-order chi connectivity index (χ0) is 19.5. The Bertz CT molecular complexity index is 970. The summed E-state index contributed by atoms with van der Waals surface area (Å²) in [6, 6.07) is 9.18. The number of nitrogens with zero attached hydrogens (tertiary/aromatic N) is 3. The summed E-state index contributed by atoms with van der Waals surface area (Å²) in [5, 5.41) is 11.9. The normalized spacial score (nSPS) is 13.9. The van der Waals surface area contributed by atoms with Crippen LogP contribution in [-0.2, 0) is 11.8 Å². The molecule has 1 amide bonds. The fourth-order valence-corrected chi connectivity index (χ4v) is 3.61. The molecule has 3 aromatic rings. The van der Waals surface area contributed by atoms with Gasteiger partial charge in [-0.3, -0.25) is 4.79 Å². The monoisotopic (exact) mass is 400 g/mol. The SMILES string of the molecule is CC(NC(=O)CSc1nnc(-c2ccco2)n1C)c1ccc2c(c1)OCCO2. The van der Waals surface area contributed by atoms with Crippen molar-refractivity contribution in [3.05, 3.63) is 42.2 Å². The topological polar surface area (TPSA) is 91.4 Å². The molecule has 9 heteroatoms. The number of carbonyl (C=O) groups is 1. The molecule has 0 aliphatic carbocycles. The Morgan fingerprint density at radius 1 is 1.25 bits per heavy atom. The number of ether oxygens (including phenoxy) is 2. The summed E-state index contributed by atoms with van der Waals surface area (Å²) in [5.41, 5.74) is 0.960. The maximum atomic E-state index is 12.4. The molecule has 8 nitrogen and oxygen atoms in total. The van der Waals surface area contributed by atoms with Crippen LogP contribution >= 0.6 is 11.8 Å². The summed E-state index contributed by atoms with van der Waals surface area (Å²) in [6.45, 7) is 3.02. The molecule has 0 saturated carbocycles. The number of benzene rings is 1. The fourth-order valence-electron chi connectivity index (χ4n) is 2.89. The highest BCUT2D eigenvalue weighted by atomic mass is 32.2. The first kappa shape index (κ1) is 18.4. The Hall–Kier alpha value is -2.94. The molecule has 0 radical (unpaired) electrons. The van der Waals surface area contributed by atoms with E-state index < -0.39 is 0 Å². The van der Waals surface area contributed by atoms with Gasteiger partial charge in [-0.25, -0.2) is 0 Å². The molecule has 1 aliphatic heterocycles. The Balaban J connectivity index is 1.35. The van der Waals surface area contributed by atoms with Crippen molar-refractivity contribution in [1.82, 2.24) is 20.1 Å². The highest BCUT2D eigenvalue weighted by Crippen LogP contribution is 2.32. The van der Waals surface area contributed by atoms with Crippen molar-refractivity contribution in [2.45, 2.75) is 18.1 Å². The lowest BCUT2D eigenvalue weighted by molar-refractivity contribution is -0.119. The molecule has 4 rings (SSSR count). The molecule has 1 N–H and O–H groups in total. The number of aromatic nitrogens is 3. The highest BCUT2D eigenvalue weighted by molar-refractivity contribution is 7.99. The number of furan rings is 1. The Morgan fingerprint density at radius 2 is 2.07 bits per heavy atom. The van der Waals surface area contributed by atoms with E-state index >= 15 is 0 Å². The Morgan fingerprint density at radius 3 is 2.86 bits per heavy atom. The summed E-state index contributed by atoms with van der Waals surface area (Å²) in [6.07, 6.45) is 1.59. The van der Waals surface area contributed by atoms with Gasteiger partial charge in [-0.05, 0) is 36.8 Å². The first-order valence-electron chi connectivity index (χ1n) is 8.87. The number of rotatable bonds is 6. The van der Waals surface area contributed by atoms with Crippen molar-refractivity contribution >= 4 is 17.7 Å². The molecule has 3 heterocycles. The minimum absolute atomic E-state index is 0.0880. The average Bonchev–Trinajstić information content (AvgIpc) is 3.35. The minimum Gasteiger partial charge on any atom is -0.486 e. The maximum absolute atomic E-state index is 12.4. The van der Waals surface area contributed by atoms with Gasteiger partial charge in [-0.2, -0.15) is 0 Å². The van der Waals surface area contributed by atoms with Gasteiger partial charge in [0.15, 0.2) is 28.2 Å². The summed E-state index contributed by atoms with van der Waals surface area (Å²) in [5.74, 6) is 2.85. The van der Waals surface area contributed by atoms with Crippen LogP contribution in [0, 0.1) is 0 Å². The molecule has 1 aromatic carbocycles. The van der Waals surface area contributed by atoms with Gasteiger partial charge in [-0.1, -0.05) is 17.8 Å². The largest absolute Gasteiger partial charge is 0.486 e. The van der Waals surface area contributed by atoms with E-state index in [9.17, 15) is 4.79 Å². The van der Waals surface area contributed by atoms with Crippen LogP contribution < -0.4 is 14.8 Å². The summed E-state index contributed by atoms with van der Waals surface area (Å²) in [7, 11) is 1.84. The molecule has 0 saturated heterocycles. The van der Waals surface area contributed by atoms with E-state index in [0.717, 1.165) is 11.3 Å². The fraction of sp³-hybridized carbons (Fsp3) is 0.316. The molecule has 2 aromatic heterocycles.